The van der Waals surface area contributed by atoms with Crippen molar-refractivity contribution >= 4 is 0 Å². The molecule has 0 rings (SSSR count). The van der Waals surface area contributed by atoms with Crippen LogP contribution in [0.25, 0.3) is 0 Å². The third-order valence-corrected chi connectivity index (χ3v) is 6.54. The molecule has 0 unspecified atom stereocenters. The first kappa shape index (κ1) is 29.9. The molecule has 1 N–H and O–H groups in total. The minimum absolute atomic E-state index is 0.869. The number of nitrogens with zero attached hydrogens (tertiary/aromatic N) is 1. The average molecular weight is 426 g/mol. The topological polar surface area (TPSA) is 23.5 Å². The molecule has 0 aromatic heterocycles. The number of hydrogen-bond donors (Lipinski definition) is 1. The molecule has 0 saturated carbocycles. The quantitative estimate of drug-likeness (QED) is 0.110. The van der Waals surface area contributed by atoms with Gasteiger partial charge in [0.05, 0.1) is 0 Å². The summed E-state index contributed by atoms with van der Waals surface area (Å²) in [5.74, 6) is 0. The van der Waals surface area contributed by atoms with Crippen molar-refractivity contribution < 1.29 is 5.21 Å². The Morgan fingerprint density at radius 1 is 0.333 bits per heavy atom. The summed E-state index contributed by atoms with van der Waals surface area (Å²) in [6, 6.07) is 0. The van der Waals surface area contributed by atoms with Gasteiger partial charge in [-0.05, 0) is 12.8 Å². The standard InChI is InChI=1S/C28H59NO/c1-3-5-7-9-11-13-14-15-16-17-18-19-20-22-24-26-28-29(30)27-25-23-21-12-10-8-6-4-2/h30H,3-28H2,1-2H3. The van der Waals surface area contributed by atoms with Gasteiger partial charge in [-0.15, -0.1) is 0 Å². The van der Waals surface area contributed by atoms with Crippen LogP contribution in [0, 0.1) is 0 Å². The van der Waals surface area contributed by atoms with E-state index in [0.717, 1.165) is 25.9 Å². The van der Waals surface area contributed by atoms with E-state index in [1.54, 1.807) is 5.06 Å². The molecule has 182 valence electrons. The summed E-state index contributed by atoms with van der Waals surface area (Å²) in [7, 11) is 0. The van der Waals surface area contributed by atoms with Gasteiger partial charge in [-0.3, -0.25) is 0 Å². The molecule has 0 aliphatic rings. The molecular weight excluding hydrogens is 366 g/mol. The van der Waals surface area contributed by atoms with Gasteiger partial charge in [0.2, 0.25) is 0 Å². The summed E-state index contributed by atoms with van der Waals surface area (Å²) in [6.45, 7) is 6.31. The van der Waals surface area contributed by atoms with Gasteiger partial charge in [-0.25, -0.2) is 0 Å². The molecule has 2 heteroatoms. The second kappa shape index (κ2) is 27.0. The third kappa shape index (κ3) is 26.0. The number of unbranched alkanes of at least 4 members (excludes halogenated alkanes) is 22. The maximum absolute atomic E-state index is 9.97. The molecule has 0 fully saturated rings. The van der Waals surface area contributed by atoms with Crippen LogP contribution in [0.4, 0.5) is 0 Å². The molecule has 0 aliphatic carbocycles. The fourth-order valence-corrected chi connectivity index (χ4v) is 4.38. The van der Waals surface area contributed by atoms with Crippen molar-refractivity contribution in [3.05, 3.63) is 0 Å². The minimum Gasteiger partial charge on any atom is -0.314 e. The molecule has 0 aromatic rings. The van der Waals surface area contributed by atoms with Gasteiger partial charge < -0.3 is 5.21 Å². The lowest BCUT2D eigenvalue weighted by Gasteiger charge is -2.14. The van der Waals surface area contributed by atoms with Crippen LogP contribution in [0.5, 0.6) is 0 Å². The van der Waals surface area contributed by atoms with Gasteiger partial charge in [-0.2, -0.15) is 5.06 Å². The summed E-state index contributed by atoms with van der Waals surface area (Å²) in [5.41, 5.74) is 0. The fraction of sp³-hybridized carbons (Fsp3) is 1.00. The zero-order valence-corrected chi connectivity index (χ0v) is 21.3. The summed E-state index contributed by atoms with van der Waals surface area (Å²) in [4.78, 5) is 0. The lowest BCUT2D eigenvalue weighted by atomic mass is 10.0. The summed E-state index contributed by atoms with van der Waals surface area (Å²) < 4.78 is 0. The Bertz CT molecular complexity index is 294. The van der Waals surface area contributed by atoms with E-state index in [4.69, 9.17) is 0 Å². The minimum atomic E-state index is 0.869. The fourth-order valence-electron chi connectivity index (χ4n) is 4.38. The predicted octanol–water partition coefficient (Wildman–Crippen LogP) is 10.1. The number of hydrogen-bond acceptors (Lipinski definition) is 2. The van der Waals surface area contributed by atoms with Crippen LogP contribution in [0.15, 0.2) is 0 Å². The average Bonchev–Trinajstić information content (AvgIpc) is 2.75. The molecular formula is C28H59NO. The molecule has 0 heterocycles. The van der Waals surface area contributed by atoms with Crippen LogP contribution in [-0.4, -0.2) is 23.4 Å². The van der Waals surface area contributed by atoms with E-state index in [-0.39, 0.29) is 0 Å². The van der Waals surface area contributed by atoms with E-state index in [1.165, 1.54) is 141 Å². The Kier molecular flexibility index (Phi) is 26.9. The van der Waals surface area contributed by atoms with Gasteiger partial charge in [0.1, 0.15) is 0 Å². The van der Waals surface area contributed by atoms with E-state index in [2.05, 4.69) is 13.8 Å². The Morgan fingerprint density at radius 3 is 0.767 bits per heavy atom. The maximum atomic E-state index is 9.97. The highest BCUT2D eigenvalue weighted by Crippen LogP contribution is 2.14. The van der Waals surface area contributed by atoms with Gasteiger partial charge >= 0.3 is 0 Å². The van der Waals surface area contributed by atoms with Crippen molar-refractivity contribution in [3.63, 3.8) is 0 Å². The molecule has 0 spiro atoms. The van der Waals surface area contributed by atoms with Crippen molar-refractivity contribution in [1.29, 1.82) is 0 Å². The highest BCUT2D eigenvalue weighted by molar-refractivity contribution is 4.53. The Hall–Kier alpha value is -0.0800. The molecule has 0 aromatic carbocycles. The van der Waals surface area contributed by atoms with E-state index in [9.17, 15) is 5.21 Å². The van der Waals surface area contributed by atoms with Gasteiger partial charge in [0.25, 0.3) is 0 Å². The van der Waals surface area contributed by atoms with Crippen LogP contribution in [0.2, 0.25) is 0 Å². The molecule has 0 bridgehead atoms. The van der Waals surface area contributed by atoms with Crippen LogP contribution in [-0.2, 0) is 0 Å². The first-order chi connectivity index (χ1) is 14.8. The Balaban J connectivity index is 3.11. The second-order valence-corrected chi connectivity index (χ2v) is 9.73. The predicted molar refractivity (Wildman–Crippen MR) is 136 cm³/mol. The zero-order chi connectivity index (χ0) is 22.0. The number of hydroxylamine groups is 2. The molecule has 30 heavy (non-hydrogen) atoms. The van der Waals surface area contributed by atoms with Gasteiger partial charge in [-0.1, -0.05) is 155 Å². The molecule has 0 atom stereocenters. The van der Waals surface area contributed by atoms with Crippen molar-refractivity contribution in [3.8, 4) is 0 Å². The molecule has 0 saturated heterocycles. The smallest absolute Gasteiger partial charge is 0.0238 e. The lowest BCUT2D eigenvalue weighted by Crippen LogP contribution is -2.21. The van der Waals surface area contributed by atoms with E-state index >= 15 is 0 Å². The van der Waals surface area contributed by atoms with Crippen molar-refractivity contribution in [1.82, 2.24) is 5.06 Å². The monoisotopic (exact) mass is 425 g/mol. The summed E-state index contributed by atoms with van der Waals surface area (Å²) in [6.07, 6.45) is 33.2. The maximum Gasteiger partial charge on any atom is 0.0238 e. The van der Waals surface area contributed by atoms with Crippen molar-refractivity contribution in [2.75, 3.05) is 13.1 Å². The van der Waals surface area contributed by atoms with Crippen LogP contribution in [0.3, 0.4) is 0 Å². The third-order valence-electron chi connectivity index (χ3n) is 6.54. The molecule has 0 aliphatic heterocycles. The highest BCUT2D eigenvalue weighted by atomic mass is 16.5. The Labute approximate surface area is 191 Å². The molecule has 0 amide bonds. The van der Waals surface area contributed by atoms with Crippen molar-refractivity contribution in [2.45, 2.75) is 168 Å². The van der Waals surface area contributed by atoms with Crippen LogP contribution >= 0.6 is 0 Å². The summed E-state index contributed by atoms with van der Waals surface area (Å²) >= 11 is 0. The number of rotatable bonds is 26. The van der Waals surface area contributed by atoms with Crippen LogP contribution < -0.4 is 0 Å². The molecule has 2 nitrogen and oxygen atoms in total. The van der Waals surface area contributed by atoms with E-state index < -0.39 is 0 Å². The normalized spacial score (nSPS) is 11.6. The van der Waals surface area contributed by atoms with Crippen LogP contribution in [0.1, 0.15) is 168 Å². The SMILES string of the molecule is CCCCCCCCCCCCCCCCCCN(O)CCCCCCCCCC. The lowest BCUT2D eigenvalue weighted by molar-refractivity contribution is -0.0925. The van der Waals surface area contributed by atoms with E-state index in [1.807, 2.05) is 0 Å². The largest absolute Gasteiger partial charge is 0.314 e. The van der Waals surface area contributed by atoms with Crippen molar-refractivity contribution in [2.24, 2.45) is 0 Å². The second-order valence-electron chi connectivity index (χ2n) is 9.73. The zero-order valence-electron chi connectivity index (χ0n) is 21.3. The first-order valence-corrected chi connectivity index (χ1v) is 14.2. The van der Waals surface area contributed by atoms with E-state index in [0.29, 0.717) is 0 Å². The van der Waals surface area contributed by atoms with Gasteiger partial charge in [0.15, 0.2) is 0 Å². The first-order valence-electron chi connectivity index (χ1n) is 14.2. The van der Waals surface area contributed by atoms with Gasteiger partial charge in [0, 0.05) is 13.1 Å². The summed E-state index contributed by atoms with van der Waals surface area (Å²) in [5, 5.41) is 11.5. The Morgan fingerprint density at radius 2 is 0.533 bits per heavy atom. The highest BCUT2D eigenvalue weighted by Gasteiger charge is 2.01. The molecule has 0 radical (unpaired) electrons.